The van der Waals surface area contributed by atoms with Crippen LogP contribution in [0.1, 0.15) is 16.2 Å². The summed E-state index contributed by atoms with van der Waals surface area (Å²) in [7, 11) is 0. The molecule has 0 unspecified atom stereocenters. The van der Waals surface area contributed by atoms with Crippen LogP contribution >= 0.6 is 15.9 Å². The summed E-state index contributed by atoms with van der Waals surface area (Å²) in [5.41, 5.74) is 0.741. The van der Waals surface area contributed by atoms with E-state index >= 15 is 0 Å². The first kappa shape index (κ1) is 18.9. The number of pyridine rings is 1. The van der Waals surface area contributed by atoms with Gasteiger partial charge in [0, 0.05) is 16.2 Å². The third-order valence-electron chi connectivity index (χ3n) is 4.35. The van der Waals surface area contributed by atoms with Gasteiger partial charge in [0.05, 0.1) is 16.8 Å². The van der Waals surface area contributed by atoms with Crippen molar-refractivity contribution >= 4 is 38.6 Å². The maximum atomic E-state index is 14.4. The number of aromatic nitrogens is 3. The zero-order valence-corrected chi connectivity index (χ0v) is 16.8. The maximum Gasteiger partial charge on any atom is 0.267 e. The first-order chi connectivity index (χ1) is 13.9. The molecule has 4 aromatic rings. The topological polar surface area (TPSA) is 76.9 Å². The van der Waals surface area contributed by atoms with Crippen molar-refractivity contribution in [2.24, 2.45) is 0 Å². The van der Waals surface area contributed by atoms with Gasteiger partial charge in [0.1, 0.15) is 11.6 Å². The highest BCUT2D eigenvalue weighted by atomic mass is 79.9. The molecule has 2 aromatic heterocycles. The van der Waals surface area contributed by atoms with Crippen molar-refractivity contribution in [3.05, 3.63) is 92.8 Å². The van der Waals surface area contributed by atoms with Crippen molar-refractivity contribution in [3.8, 4) is 5.69 Å². The minimum Gasteiger partial charge on any atom is -0.319 e. The number of halogens is 2. The van der Waals surface area contributed by atoms with E-state index in [1.54, 1.807) is 49.5 Å². The molecule has 144 valence electrons. The number of carbonyl (C=O) groups excluding carboxylic acids is 1. The van der Waals surface area contributed by atoms with Crippen LogP contribution in [0.5, 0.6) is 0 Å². The van der Waals surface area contributed by atoms with Gasteiger partial charge in [-0.25, -0.2) is 14.4 Å². The molecule has 29 heavy (non-hydrogen) atoms. The first-order valence-electron chi connectivity index (χ1n) is 8.65. The van der Waals surface area contributed by atoms with Gasteiger partial charge in [-0.15, -0.1) is 0 Å². The summed E-state index contributed by atoms with van der Waals surface area (Å²) in [6.45, 7) is 1.67. The van der Waals surface area contributed by atoms with Crippen LogP contribution in [0.3, 0.4) is 0 Å². The van der Waals surface area contributed by atoms with Crippen molar-refractivity contribution in [2.45, 2.75) is 6.92 Å². The lowest BCUT2D eigenvalue weighted by Gasteiger charge is -2.13. The van der Waals surface area contributed by atoms with Gasteiger partial charge in [0.25, 0.3) is 11.5 Å². The highest BCUT2D eigenvalue weighted by molar-refractivity contribution is 9.10. The van der Waals surface area contributed by atoms with Gasteiger partial charge in [0.2, 0.25) is 0 Å². The van der Waals surface area contributed by atoms with E-state index in [0.29, 0.717) is 28.1 Å². The molecule has 1 N–H and O–H groups in total. The highest BCUT2D eigenvalue weighted by Crippen LogP contribution is 2.21. The summed E-state index contributed by atoms with van der Waals surface area (Å²) in [5.74, 6) is -0.678. The van der Waals surface area contributed by atoms with E-state index in [9.17, 15) is 14.0 Å². The number of hydrogen-bond donors (Lipinski definition) is 1. The lowest BCUT2D eigenvalue weighted by Crippen LogP contribution is -2.23. The molecule has 6 nitrogen and oxygen atoms in total. The molecule has 2 aromatic carbocycles. The maximum absolute atomic E-state index is 14.4. The number of rotatable bonds is 3. The number of carbonyl (C=O) groups is 1. The number of benzene rings is 2. The Morgan fingerprint density at radius 1 is 1.14 bits per heavy atom. The van der Waals surface area contributed by atoms with E-state index in [2.05, 4.69) is 31.2 Å². The van der Waals surface area contributed by atoms with Gasteiger partial charge in [-0.3, -0.25) is 14.2 Å². The van der Waals surface area contributed by atoms with Crippen LogP contribution in [0, 0.1) is 12.7 Å². The quantitative estimate of drug-likeness (QED) is 0.504. The van der Waals surface area contributed by atoms with E-state index < -0.39 is 11.7 Å². The lowest BCUT2D eigenvalue weighted by molar-refractivity contribution is 0.102. The van der Waals surface area contributed by atoms with Crippen LogP contribution in [0.25, 0.3) is 16.7 Å². The van der Waals surface area contributed by atoms with Gasteiger partial charge < -0.3 is 5.32 Å². The van der Waals surface area contributed by atoms with Crippen molar-refractivity contribution < 1.29 is 9.18 Å². The predicted octanol–water partition coefficient (Wildman–Crippen LogP) is 4.24. The second kappa shape index (κ2) is 7.56. The van der Waals surface area contributed by atoms with E-state index in [4.69, 9.17) is 0 Å². The van der Waals surface area contributed by atoms with Gasteiger partial charge in [-0.1, -0.05) is 22.0 Å². The second-order valence-electron chi connectivity index (χ2n) is 6.30. The van der Waals surface area contributed by atoms with Crippen LogP contribution < -0.4 is 10.9 Å². The van der Waals surface area contributed by atoms with Gasteiger partial charge >= 0.3 is 0 Å². The Kier molecular flexibility index (Phi) is 4.94. The van der Waals surface area contributed by atoms with Crippen LogP contribution in [-0.4, -0.2) is 20.4 Å². The molecule has 8 heteroatoms. The molecule has 0 atom stereocenters. The van der Waals surface area contributed by atoms with Crippen LogP contribution in [-0.2, 0) is 0 Å². The SMILES string of the molecule is Cc1nc2ncccc2c(=O)n1-c1ccc(F)c(NC(=O)c2cccc(Br)c2)c1. The minimum absolute atomic E-state index is 0.0370. The van der Waals surface area contributed by atoms with Crippen LogP contribution in [0.4, 0.5) is 10.1 Å². The van der Waals surface area contributed by atoms with E-state index in [1.165, 1.54) is 22.8 Å². The minimum atomic E-state index is -0.613. The molecule has 0 aliphatic heterocycles. The van der Waals surface area contributed by atoms with Gasteiger partial charge in [-0.2, -0.15) is 0 Å². The molecule has 0 bridgehead atoms. The van der Waals surface area contributed by atoms with Crippen molar-refractivity contribution in [2.75, 3.05) is 5.32 Å². The normalized spacial score (nSPS) is 10.9. The Morgan fingerprint density at radius 2 is 1.97 bits per heavy atom. The van der Waals surface area contributed by atoms with Gasteiger partial charge in [0.15, 0.2) is 5.65 Å². The van der Waals surface area contributed by atoms with Crippen molar-refractivity contribution in [1.29, 1.82) is 0 Å². The highest BCUT2D eigenvalue weighted by Gasteiger charge is 2.14. The number of amides is 1. The average Bonchev–Trinajstić information content (AvgIpc) is 2.70. The standard InChI is InChI=1S/C21H14BrFN4O2/c1-12-25-19-16(6-3-9-24-19)21(29)27(12)15-7-8-17(23)18(11-15)26-20(28)13-4-2-5-14(22)10-13/h2-11H,1H3,(H,26,28). The van der Waals surface area contributed by atoms with E-state index in [-0.39, 0.29) is 11.2 Å². The molecule has 0 aliphatic rings. The molecular weight excluding hydrogens is 439 g/mol. The average molecular weight is 453 g/mol. The number of anilines is 1. The Bertz CT molecular complexity index is 1320. The Balaban J connectivity index is 1.77. The number of nitrogens with zero attached hydrogens (tertiary/aromatic N) is 3. The fraction of sp³-hybridized carbons (Fsp3) is 0.0476. The van der Waals surface area contributed by atoms with Crippen LogP contribution in [0.2, 0.25) is 0 Å². The largest absolute Gasteiger partial charge is 0.319 e. The number of nitrogens with one attached hydrogen (secondary N) is 1. The molecule has 0 radical (unpaired) electrons. The molecule has 4 rings (SSSR count). The number of hydrogen-bond acceptors (Lipinski definition) is 4. The summed E-state index contributed by atoms with van der Waals surface area (Å²) in [4.78, 5) is 33.9. The fourth-order valence-corrected chi connectivity index (χ4v) is 3.40. The summed E-state index contributed by atoms with van der Waals surface area (Å²) >= 11 is 3.30. The Hall–Kier alpha value is -3.39. The fourth-order valence-electron chi connectivity index (χ4n) is 3.00. The summed E-state index contributed by atoms with van der Waals surface area (Å²) < 4.78 is 16.5. The number of fused-ring (bicyclic) bond motifs is 1. The molecule has 2 heterocycles. The number of aryl methyl sites for hydroxylation is 1. The first-order valence-corrected chi connectivity index (χ1v) is 9.44. The van der Waals surface area contributed by atoms with Crippen LogP contribution in [0.15, 0.2) is 70.1 Å². The molecule has 0 aliphatic carbocycles. The molecule has 1 amide bonds. The third kappa shape index (κ3) is 3.66. The Morgan fingerprint density at radius 3 is 2.76 bits per heavy atom. The molecule has 0 saturated carbocycles. The second-order valence-corrected chi connectivity index (χ2v) is 7.22. The molecular formula is C21H14BrFN4O2. The van der Waals surface area contributed by atoms with Gasteiger partial charge in [-0.05, 0) is 55.5 Å². The smallest absolute Gasteiger partial charge is 0.267 e. The molecule has 0 saturated heterocycles. The lowest BCUT2D eigenvalue weighted by atomic mass is 10.2. The summed E-state index contributed by atoms with van der Waals surface area (Å²) in [5, 5.41) is 2.91. The molecule has 0 spiro atoms. The van der Waals surface area contributed by atoms with Crippen molar-refractivity contribution in [3.63, 3.8) is 0 Å². The van der Waals surface area contributed by atoms with Crippen molar-refractivity contribution in [1.82, 2.24) is 14.5 Å². The third-order valence-corrected chi connectivity index (χ3v) is 4.85. The zero-order valence-electron chi connectivity index (χ0n) is 15.2. The molecule has 0 fully saturated rings. The summed E-state index contributed by atoms with van der Waals surface area (Å²) in [6.07, 6.45) is 1.56. The van der Waals surface area contributed by atoms with E-state index in [1.807, 2.05) is 0 Å². The Labute approximate surface area is 173 Å². The predicted molar refractivity (Wildman–Crippen MR) is 112 cm³/mol. The van der Waals surface area contributed by atoms with E-state index in [0.717, 1.165) is 4.47 Å². The summed E-state index contributed by atoms with van der Waals surface area (Å²) in [6, 6.07) is 14.1. The monoisotopic (exact) mass is 452 g/mol. The zero-order chi connectivity index (χ0) is 20.5.